The van der Waals surface area contributed by atoms with Crippen LogP contribution in [0.2, 0.25) is 0 Å². The summed E-state index contributed by atoms with van der Waals surface area (Å²) < 4.78 is 32.8. The van der Waals surface area contributed by atoms with Crippen LogP contribution in [0.5, 0.6) is 0 Å². The van der Waals surface area contributed by atoms with Gasteiger partial charge in [0.2, 0.25) is 0 Å². The first-order valence-corrected chi connectivity index (χ1v) is 11.0. The van der Waals surface area contributed by atoms with E-state index in [0.717, 1.165) is 22.3 Å². The van der Waals surface area contributed by atoms with Crippen LogP contribution >= 0.6 is 0 Å². The predicted molar refractivity (Wildman–Crippen MR) is 111 cm³/mol. The molecule has 0 amide bonds. The number of hydrogen-bond donors (Lipinski definition) is 0. The van der Waals surface area contributed by atoms with Crippen molar-refractivity contribution in [3.05, 3.63) is 89.1 Å². The standard InChI is InChI=1S/C23H23NO4S/c1-17-10-12-20(13-11-17)29(26,27)24-14-6-9-21-18(16-24)15-23(21,22(25)28-2)19-7-4-3-5-8-19/h3-5,7-13,16H,6,14-15H2,1-2H3. The lowest BCUT2D eigenvalue weighted by atomic mass is 9.57. The zero-order chi connectivity index (χ0) is 20.6. The number of carbonyl (C=O) groups is 1. The van der Waals surface area contributed by atoms with Crippen LogP contribution in [-0.2, 0) is 25.0 Å². The van der Waals surface area contributed by atoms with Gasteiger partial charge in [0, 0.05) is 12.7 Å². The summed E-state index contributed by atoms with van der Waals surface area (Å²) in [5.74, 6) is -0.318. The minimum atomic E-state index is -3.64. The van der Waals surface area contributed by atoms with E-state index in [-0.39, 0.29) is 10.9 Å². The molecule has 6 heteroatoms. The molecule has 2 aromatic carbocycles. The lowest BCUT2D eigenvalue weighted by Gasteiger charge is -2.44. The lowest BCUT2D eigenvalue weighted by Crippen LogP contribution is -2.47. The average molecular weight is 410 g/mol. The van der Waals surface area contributed by atoms with Gasteiger partial charge in [0.1, 0.15) is 5.41 Å². The molecule has 2 aromatic rings. The summed E-state index contributed by atoms with van der Waals surface area (Å²) >= 11 is 0. The quantitative estimate of drug-likeness (QED) is 0.722. The van der Waals surface area contributed by atoms with Crippen molar-refractivity contribution in [2.75, 3.05) is 13.7 Å². The van der Waals surface area contributed by atoms with Crippen LogP contribution in [0.25, 0.3) is 0 Å². The van der Waals surface area contributed by atoms with Gasteiger partial charge < -0.3 is 4.74 Å². The van der Waals surface area contributed by atoms with Gasteiger partial charge in [-0.1, -0.05) is 54.1 Å². The Labute approximate surface area is 171 Å². The Morgan fingerprint density at radius 3 is 2.41 bits per heavy atom. The van der Waals surface area contributed by atoms with Gasteiger partial charge in [-0.05, 0) is 48.6 Å². The number of nitrogens with zero attached hydrogens (tertiary/aromatic N) is 1. The highest BCUT2D eigenvalue weighted by Gasteiger charge is 2.54. The van der Waals surface area contributed by atoms with E-state index < -0.39 is 15.4 Å². The van der Waals surface area contributed by atoms with E-state index in [1.54, 1.807) is 30.5 Å². The van der Waals surface area contributed by atoms with Gasteiger partial charge in [0.15, 0.2) is 0 Å². The molecule has 0 spiro atoms. The van der Waals surface area contributed by atoms with Gasteiger partial charge in [-0.25, -0.2) is 8.42 Å². The largest absolute Gasteiger partial charge is 0.468 e. The number of allylic oxidation sites excluding steroid dienone is 1. The van der Waals surface area contributed by atoms with Crippen LogP contribution in [-0.4, -0.2) is 32.3 Å². The maximum absolute atomic E-state index is 13.1. The molecule has 1 atom stereocenters. The van der Waals surface area contributed by atoms with E-state index in [9.17, 15) is 13.2 Å². The number of aryl methyl sites for hydroxylation is 1. The molecule has 1 unspecified atom stereocenters. The van der Waals surface area contributed by atoms with Crippen LogP contribution in [0.15, 0.2) is 82.9 Å². The van der Waals surface area contributed by atoms with Gasteiger partial charge in [0.05, 0.1) is 12.0 Å². The van der Waals surface area contributed by atoms with Crippen LogP contribution in [0.1, 0.15) is 24.0 Å². The molecule has 2 aliphatic rings. The molecule has 1 saturated carbocycles. The Kier molecular flexibility index (Phi) is 4.82. The van der Waals surface area contributed by atoms with Crippen LogP contribution < -0.4 is 0 Å². The van der Waals surface area contributed by atoms with Crippen molar-refractivity contribution in [1.29, 1.82) is 0 Å². The topological polar surface area (TPSA) is 63.7 Å². The molecular formula is C23H23NO4S. The number of methoxy groups -OCH3 is 1. The van der Waals surface area contributed by atoms with Crippen molar-refractivity contribution >= 4 is 16.0 Å². The third-order valence-electron chi connectivity index (χ3n) is 5.69. The van der Waals surface area contributed by atoms with E-state index in [1.807, 2.05) is 43.3 Å². The number of rotatable bonds is 4. The molecule has 29 heavy (non-hydrogen) atoms. The summed E-state index contributed by atoms with van der Waals surface area (Å²) in [6, 6.07) is 16.4. The Balaban J connectivity index is 1.72. The van der Waals surface area contributed by atoms with E-state index in [2.05, 4.69) is 0 Å². The second kappa shape index (κ2) is 7.19. The highest BCUT2D eigenvalue weighted by Crippen LogP contribution is 2.54. The van der Waals surface area contributed by atoms with Crippen LogP contribution in [0.4, 0.5) is 0 Å². The highest BCUT2D eigenvalue weighted by atomic mass is 32.2. The second-order valence-electron chi connectivity index (χ2n) is 7.43. The fraction of sp³-hybridized carbons (Fsp3) is 0.261. The second-order valence-corrected chi connectivity index (χ2v) is 9.32. The number of benzene rings is 2. The van der Waals surface area contributed by atoms with Crippen molar-refractivity contribution in [1.82, 2.24) is 4.31 Å². The number of sulfonamides is 1. The first kappa shape index (κ1) is 19.5. The lowest BCUT2D eigenvalue weighted by molar-refractivity contribution is -0.147. The van der Waals surface area contributed by atoms with Crippen LogP contribution in [0, 0.1) is 6.92 Å². The molecular weight excluding hydrogens is 386 g/mol. The SMILES string of the molecule is COC(=O)C1(c2ccccc2)CC2=CN(S(=O)(=O)c3ccc(C)cc3)CCC=C21. The first-order chi connectivity index (χ1) is 13.9. The summed E-state index contributed by atoms with van der Waals surface area (Å²) in [5.41, 5.74) is 2.70. The molecule has 150 valence electrons. The zero-order valence-electron chi connectivity index (χ0n) is 16.5. The molecule has 0 radical (unpaired) electrons. The Bertz CT molecular complexity index is 1100. The summed E-state index contributed by atoms with van der Waals surface area (Å²) in [5, 5.41) is 0. The average Bonchev–Trinajstić information content (AvgIpc) is 2.89. The molecule has 0 N–H and O–H groups in total. The third-order valence-corrected chi connectivity index (χ3v) is 7.46. The summed E-state index contributed by atoms with van der Waals surface area (Å²) in [4.78, 5) is 13.1. The van der Waals surface area contributed by atoms with Crippen molar-refractivity contribution in [2.45, 2.75) is 30.1 Å². The monoisotopic (exact) mass is 409 g/mol. The number of esters is 1. The maximum Gasteiger partial charge on any atom is 0.321 e. The summed E-state index contributed by atoms with van der Waals surface area (Å²) in [7, 11) is -2.26. The molecule has 1 fully saturated rings. The van der Waals surface area contributed by atoms with E-state index in [4.69, 9.17) is 4.74 Å². The first-order valence-electron chi connectivity index (χ1n) is 9.54. The summed E-state index contributed by atoms with van der Waals surface area (Å²) in [6.45, 7) is 2.25. The Hall–Kier alpha value is -2.86. The maximum atomic E-state index is 13.1. The van der Waals surface area contributed by atoms with Crippen molar-refractivity contribution < 1.29 is 17.9 Å². The fourth-order valence-corrected chi connectivity index (χ4v) is 5.49. The van der Waals surface area contributed by atoms with Crippen molar-refractivity contribution in [2.24, 2.45) is 0 Å². The summed E-state index contributed by atoms with van der Waals surface area (Å²) in [6.07, 6.45) is 4.59. The van der Waals surface area contributed by atoms with Gasteiger partial charge in [0.25, 0.3) is 10.0 Å². The molecule has 1 aliphatic heterocycles. The van der Waals surface area contributed by atoms with Crippen molar-refractivity contribution in [3.63, 3.8) is 0 Å². The van der Waals surface area contributed by atoms with Crippen LogP contribution in [0.3, 0.4) is 0 Å². The zero-order valence-corrected chi connectivity index (χ0v) is 17.3. The number of fused-ring (bicyclic) bond motifs is 1. The fourth-order valence-electron chi connectivity index (χ4n) is 4.13. The molecule has 1 aliphatic carbocycles. The van der Waals surface area contributed by atoms with Gasteiger partial charge in [-0.15, -0.1) is 0 Å². The number of carbonyl (C=O) groups excluding carboxylic acids is 1. The third kappa shape index (κ3) is 3.08. The smallest absolute Gasteiger partial charge is 0.321 e. The van der Waals surface area contributed by atoms with Gasteiger partial charge >= 0.3 is 5.97 Å². The van der Waals surface area contributed by atoms with Crippen molar-refractivity contribution in [3.8, 4) is 0 Å². The van der Waals surface area contributed by atoms with Gasteiger partial charge in [-0.3, -0.25) is 9.10 Å². The molecule has 4 rings (SSSR count). The normalized spacial score (nSPS) is 21.2. The molecule has 0 saturated heterocycles. The Morgan fingerprint density at radius 2 is 1.76 bits per heavy atom. The van der Waals surface area contributed by atoms with E-state index in [0.29, 0.717) is 19.4 Å². The highest BCUT2D eigenvalue weighted by molar-refractivity contribution is 7.89. The molecule has 0 bridgehead atoms. The van der Waals surface area contributed by atoms with E-state index >= 15 is 0 Å². The Morgan fingerprint density at radius 1 is 1.07 bits per heavy atom. The molecule has 1 heterocycles. The minimum absolute atomic E-state index is 0.269. The number of ether oxygens (including phenoxy) is 1. The van der Waals surface area contributed by atoms with E-state index in [1.165, 1.54) is 11.4 Å². The van der Waals surface area contributed by atoms with Gasteiger partial charge in [-0.2, -0.15) is 0 Å². The molecule has 0 aromatic heterocycles. The minimum Gasteiger partial charge on any atom is -0.468 e. The number of hydrogen-bond acceptors (Lipinski definition) is 4. The molecule has 5 nitrogen and oxygen atoms in total. The predicted octanol–water partition coefficient (Wildman–Crippen LogP) is 3.71.